The summed E-state index contributed by atoms with van der Waals surface area (Å²) in [5.74, 6) is 0.560. The summed E-state index contributed by atoms with van der Waals surface area (Å²) in [7, 11) is -3.18. The Bertz CT molecular complexity index is 1340. The number of pyridine rings is 1. The summed E-state index contributed by atoms with van der Waals surface area (Å²) in [6.45, 7) is 3.51. The number of aromatic nitrogens is 4. The molecule has 4 atom stereocenters. The Morgan fingerprint density at radius 3 is 2.85 bits per heavy atom. The smallest absolute Gasteiger partial charge is 0.211 e. The third kappa shape index (κ3) is 3.52. The lowest BCUT2D eigenvalue weighted by Crippen LogP contribution is -2.53. The fourth-order valence-electron chi connectivity index (χ4n) is 6.21. The molecule has 1 saturated carbocycles. The Kier molecular flexibility index (Phi) is 4.94. The second kappa shape index (κ2) is 7.65. The largest absolute Gasteiger partial charge is 0.363 e. The van der Waals surface area contributed by atoms with E-state index in [0.717, 1.165) is 53.8 Å². The van der Waals surface area contributed by atoms with Crippen molar-refractivity contribution in [3.8, 4) is 0 Å². The molecule has 33 heavy (non-hydrogen) atoms. The molecule has 3 aromatic heterocycles. The predicted molar refractivity (Wildman–Crippen MR) is 128 cm³/mol. The minimum absolute atomic E-state index is 0.0673. The van der Waals surface area contributed by atoms with Crippen LogP contribution in [0, 0.1) is 5.92 Å². The molecule has 3 aromatic rings. The van der Waals surface area contributed by atoms with E-state index >= 15 is 0 Å². The molecule has 10 heteroatoms. The van der Waals surface area contributed by atoms with Gasteiger partial charge in [-0.1, -0.05) is 11.6 Å². The summed E-state index contributed by atoms with van der Waals surface area (Å²) in [5, 5.41) is 1.52. The van der Waals surface area contributed by atoms with E-state index in [2.05, 4.69) is 26.8 Å². The highest BCUT2D eigenvalue weighted by atomic mass is 35.5. The second-order valence-corrected chi connectivity index (χ2v) is 12.1. The number of hydrogen-bond acceptors (Lipinski definition) is 6. The van der Waals surface area contributed by atoms with Crippen LogP contribution in [0.25, 0.3) is 11.0 Å². The molecule has 174 valence electrons. The molecule has 1 N–H and O–H groups in total. The number of hydrogen-bond donors (Lipinski definition) is 1. The van der Waals surface area contributed by atoms with Gasteiger partial charge in [-0.25, -0.2) is 23.4 Å². The Labute approximate surface area is 198 Å². The number of piperidine rings is 2. The normalized spacial score (nSPS) is 27.8. The fraction of sp³-hybridized carbons (Fsp3) is 0.522. The van der Waals surface area contributed by atoms with Crippen molar-refractivity contribution in [3.63, 3.8) is 0 Å². The lowest BCUT2D eigenvalue weighted by atomic mass is 9.70. The Morgan fingerprint density at radius 1 is 1.24 bits per heavy atom. The van der Waals surface area contributed by atoms with E-state index in [-0.39, 0.29) is 18.0 Å². The first-order chi connectivity index (χ1) is 15.8. The van der Waals surface area contributed by atoms with Gasteiger partial charge in [-0.15, -0.1) is 0 Å². The molecule has 3 aliphatic heterocycles. The van der Waals surface area contributed by atoms with Crippen LogP contribution in [0.1, 0.15) is 49.1 Å². The van der Waals surface area contributed by atoms with Crippen molar-refractivity contribution in [3.05, 3.63) is 46.8 Å². The van der Waals surface area contributed by atoms with Gasteiger partial charge in [0.1, 0.15) is 17.1 Å². The summed E-state index contributed by atoms with van der Waals surface area (Å²) >= 11 is 6.36. The molecule has 2 saturated heterocycles. The first kappa shape index (κ1) is 21.3. The lowest BCUT2D eigenvalue weighted by Gasteiger charge is -2.49. The van der Waals surface area contributed by atoms with Gasteiger partial charge in [0.05, 0.1) is 23.3 Å². The van der Waals surface area contributed by atoms with Gasteiger partial charge in [-0.2, -0.15) is 4.31 Å². The van der Waals surface area contributed by atoms with Gasteiger partial charge in [0, 0.05) is 54.7 Å². The summed E-state index contributed by atoms with van der Waals surface area (Å²) < 4.78 is 26.3. The van der Waals surface area contributed by atoms with Crippen LogP contribution in [-0.2, 0) is 23.0 Å². The van der Waals surface area contributed by atoms with Gasteiger partial charge in [0.25, 0.3) is 0 Å². The average Bonchev–Trinajstić information content (AvgIpc) is 3.25. The third-order valence-corrected chi connectivity index (χ3v) is 9.26. The number of H-pyrrole nitrogens is 1. The van der Waals surface area contributed by atoms with E-state index in [0.29, 0.717) is 24.2 Å². The van der Waals surface area contributed by atoms with Gasteiger partial charge >= 0.3 is 0 Å². The van der Waals surface area contributed by atoms with Gasteiger partial charge in [0.15, 0.2) is 0 Å². The van der Waals surface area contributed by atoms with Crippen LogP contribution in [-0.4, -0.2) is 57.5 Å². The van der Waals surface area contributed by atoms with E-state index in [1.807, 2.05) is 18.3 Å². The number of nitrogens with zero attached hydrogens (tertiary/aromatic N) is 5. The van der Waals surface area contributed by atoms with Crippen molar-refractivity contribution in [1.29, 1.82) is 0 Å². The number of aromatic amines is 1. The maximum Gasteiger partial charge on any atom is 0.211 e. The molecule has 2 bridgehead atoms. The molecule has 0 aromatic carbocycles. The SMILES string of the molecule is C[C@@H]1Cc2ncnc(C3CC4CCC3CN4S(C)(=O)=O)c2CN1c1cc(Cl)nc2[nH]ccc12. The van der Waals surface area contributed by atoms with E-state index in [1.54, 1.807) is 10.6 Å². The molecule has 0 amide bonds. The summed E-state index contributed by atoms with van der Waals surface area (Å²) in [6.07, 6.45) is 8.56. The number of halogens is 1. The molecule has 0 radical (unpaired) electrons. The molecule has 7 rings (SSSR count). The highest BCUT2D eigenvalue weighted by molar-refractivity contribution is 7.88. The van der Waals surface area contributed by atoms with E-state index in [1.165, 1.54) is 11.8 Å². The summed E-state index contributed by atoms with van der Waals surface area (Å²) in [5.41, 5.74) is 5.25. The van der Waals surface area contributed by atoms with Crippen molar-refractivity contribution in [1.82, 2.24) is 24.2 Å². The van der Waals surface area contributed by atoms with Crippen LogP contribution >= 0.6 is 11.6 Å². The topological polar surface area (TPSA) is 95.1 Å². The van der Waals surface area contributed by atoms with Crippen LogP contribution in [0.4, 0.5) is 5.69 Å². The molecule has 3 fully saturated rings. The highest BCUT2D eigenvalue weighted by Gasteiger charge is 2.46. The zero-order chi connectivity index (χ0) is 22.9. The number of sulfonamides is 1. The maximum atomic E-state index is 12.3. The molecule has 0 spiro atoms. The molecular formula is C23H27ClN6O2S. The van der Waals surface area contributed by atoms with E-state index in [4.69, 9.17) is 16.6 Å². The first-order valence-electron chi connectivity index (χ1n) is 11.5. The second-order valence-electron chi connectivity index (χ2n) is 9.74. The first-order valence-corrected chi connectivity index (χ1v) is 13.7. The van der Waals surface area contributed by atoms with E-state index in [9.17, 15) is 8.42 Å². The summed E-state index contributed by atoms with van der Waals surface area (Å²) in [6, 6.07) is 4.30. The van der Waals surface area contributed by atoms with Gasteiger partial charge in [0.2, 0.25) is 10.0 Å². The van der Waals surface area contributed by atoms with Gasteiger partial charge in [-0.3, -0.25) is 0 Å². The monoisotopic (exact) mass is 486 g/mol. The minimum atomic E-state index is -3.18. The van der Waals surface area contributed by atoms with Crippen LogP contribution < -0.4 is 4.90 Å². The third-order valence-electron chi connectivity index (χ3n) is 7.77. The maximum absolute atomic E-state index is 12.3. The molecule has 6 heterocycles. The van der Waals surface area contributed by atoms with Crippen LogP contribution in [0.3, 0.4) is 0 Å². The highest BCUT2D eigenvalue weighted by Crippen LogP contribution is 2.47. The van der Waals surface area contributed by atoms with Crippen molar-refractivity contribution >= 4 is 38.3 Å². The molecular weight excluding hydrogens is 460 g/mol. The van der Waals surface area contributed by atoms with Crippen molar-refractivity contribution in [2.24, 2.45) is 5.92 Å². The number of anilines is 1. The minimum Gasteiger partial charge on any atom is -0.363 e. The van der Waals surface area contributed by atoms with E-state index < -0.39 is 10.0 Å². The zero-order valence-electron chi connectivity index (χ0n) is 18.7. The number of fused-ring (bicyclic) bond motifs is 5. The Morgan fingerprint density at radius 2 is 2.09 bits per heavy atom. The fourth-order valence-corrected chi connectivity index (χ4v) is 7.59. The number of nitrogens with one attached hydrogen (secondary N) is 1. The lowest BCUT2D eigenvalue weighted by molar-refractivity contribution is 0.0953. The van der Waals surface area contributed by atoms with Gasteiger partial charge in [-0.05, 0) is 44.2 Å². The molecule has 1 aliphatic carbocycles. The molecule has 8 nitrogen and oxygen atoms in total. The molecule has 3 unspecified atom stereocenters. The molecule has 4 aliphatic rings. The Balaban J connectivity index is 1.38. The quantitative estimate of drug-likeness (QED) is 0.569. The average molecular weight is 487 g/mol. The standard InChI is InChI=1S/C23H27ClN6O2S/c1-13-7-19-18(11-29(13)20-9-21(24)28-23-16(20)5-6-25-23)22(27-12-26-19)17-8-15-4-3-14(17)10-30(15)33(2,31)32/h5-6,9,12-15,17H,3-4,7-8,10-11H2,1-2H3,(H,25,28)/t13-,14?,15?,17?/m1/s1. The zero-order valence-corrected chi connectivity index (χ0v) is 20.3. The van der Waals surface area contributed by atoms with Crippen molar-refractivity contribution < 1.29 is 8.42 Å². The number of rotatable bonds is 3. The van der Waals surface area contributed by atoms with Crippen LogP contribution in [0.5, 0.6) is 0 Å². The predicted octanol–water partition coefficient (Wildman–Crippen LogP) is 3.49. The van der Waals surface area contributed by atoms with Crippen molar-refractivity contribution in [2.45, 2.75) is 57.2 Å². The van der Waals surface area contributed by atoms with Crippen LogP contribution in [0.2, 0.25) is 5.15 Å². The van der Waals surface area contributed by atoms with Crippen LogP contribution in [0.15, 0.2) is 24.7 Å². The van der Waals surface area contributed by atoms with Crippen molar-refractivity contribution in [2.75, 3.05) is 17.7 Å². The summed E-state index contributed by atoms with van der Waals surface area (Å²) in [4.78, 5) is 19.4. The van der Waals surface area contributed by atoms with Gasteiger partial charge < -0.3 is 9.88 Å². The Hall–Kier alpha value is -2.23.